The van der Waals surface area contributed by atoms with Gasteiger partial charge in [-0.2, -0.15) is 0 Å². The van der Waals surface area contributed by atoms with Gasteiger partial charge in [-0.15, -0.1) is 0 Å². The number of nitrogens with zero attached hydrogens (tertiary/aromatic N) is 1. The second kappa shape index (κ2) is 64.8. The monoisotopic (exact) mass is 1950 g/mol. The molecule has 138 heavy (non-hydrogen) atoms. The predicted molar refractivity (Wildman–Crippen MR) is 500 cm³/mol. The number of hydrogen-bond acceptors (Lipinski definition) is 28. The molecule has 0 bridgehead atoms. The van der Waals surface area contributed by atoms with E-state index >= 15 is 0 Å². The highest BCUT2D eigenvalue weighted by Crippen LogP contribution is 2.18. The minimum Gasteiger partial charge on any atom is -0.508 e. The second-order valence-corrected chi connectivity index (χ2v) is 34.2. The number of aromatic amines is 1. The molecule has 34 N–H and O–H groups in total. The van der Waals surface area contributed by atoms with E-state index in [0.717, 1.165) is 0 Å². The summed E-state index contributed by atoms with van der Waals surface area (Å²) in [7, 11) is 0. The lowest BCUT2D eigenvalue weighted by molar-refractivity contribution is -0.140. The van der Waals surface area contributed by atoms with Gasteiger partial charge in [0.25, 0.3) is 0 Å². The normalized spacial score (nSPS) is 15.2. The molecule has 1 aromatic heterocycles. The Morgan fingerprint density at radius 1 is 0.333 bits per heavy atom. The van der Waals surface area contributed by atoms with Gasteiger partial charge in [-0.1, -0.05) is 79.4 Å². The number of nitrogens with one attached hydrogen (secondary N) is 18. The van der Waals surface area contributed by atoms with Gasteiger partial charge in [0, 0.05) is 38.3 Å². The summed E-state index contributed by atoms with van der Waals surface area (Å²) in [5.74, 6) is -23.5. The molecule has 774 valence electrons. The van der Waals surface area contributed by atoms with E-state index in [0.29, 0.717) is 49.9 Å². The van der Waals surface area contributed by atoms with Crippen LogP contribution in [0.4, 0.5) is 0 Å². The molecule has 50 heteroatoms. The Labute approximate surface area is 801 Å². The fourth-order valence-electron chi connectivity index (χ4n) is 13.6. The van der Waals surface area contributed by atoms with Crippen LogP contribution in [0.3, 0.4) is 0 Å². The maximum Gasteiger partial charge on any atom is 0.303 e. The number of imidazole rings is 1. The van der Waals surface area contributed by atoms with Crippen LogP contribution in [0.5, 0.6) is 5.75 Å². The van der Waals surface area contributed by atoms with E-state index in [9.17, 15) is 121 Å². The number of unbranched alkanes of at least 4 members (excludes halogenated alkanes) is 4. The third kappa shape index (κ3) is 46.2. The average molecular weight is 1960 g/mol. The molecule has 19 atom stereocenters. The third-order valence-corrected chi connectivity index (χ3v) is 22.8. The molecule has 0 saturated carbocycles. The number of aromatic nitrogens is 2. The zero-order valence-electron chi connectivity index (χ0n) is 80.2. The topological polar surface area (TPSA) is 829 Å². The molecule has 0 saturated heterocycles. The predicted octanol–water partition coefficient (Wildman–Crippen LogP) is -6.45. The number of primary amides is 1. The molecule has 0 fully saturated rings. The van der Waals surface area contributed by atoms with Crippen molar-refractivity contribution in [3.8, 4) is 5.75 Å². The fraction of sp³-hybridized carbons (Fsp3) is 0.659. The lowest BCUT2D eigenvalue weighted by Crippen LogP contribution is -2.61. The number of aliphatic carboxylic acids is 3. The van der Waals surface area contributed by atoms with Gasteiger partial charge in [0.15, 0.2) is 0 Å². The van der Waals surface area contributed by atoms with Crippen molar-refractivity contribution in [2.75, 3.05) is 39.3 Å². The Balaban J connectivity index is 2.36. The van der Waals surface area contributed by atoms with E-state index in [1.807, 2.05) is 0 Å². The molecule has 1 aromatic carbocycles. The van der Waals surface area contributed by atoms with Crippen molar-refractivity contribution < 1.29 is 121 Å². The number of carbonyl (C=O) groups is 21. The van der Waals surface area contributed by atoms with Crippen LogP contribution < -0.4 is 125 Å². The quantitative estimate of drug-likeness (QED) is 0.0274. The van der Waals surface area contributed by atoms with Gasteiger partial charge in [-0.25, -0.2) is 4.98 Å². The van der Waals surface area contributed by atoms with Crippen LogP contribution in [0.1, 0.15) is 215 Å². The van der Waals surface area contributed by atoms with Crippen LogP contribution in [-0.4, -0.2) is 291 Å². The molecular formula is C88H147N25O25. The van der Waals surface area contributed by atoms with Crippen molar-refractivity contribution >= 4 is 124 Å². The number of nitrogens with two attached hydrogens (primary N) is 6. The zero-order chi connectivity index (χ0) is 104. The SMILES string of the molecule is CC[C@H](C)[C@H](NC(=O)[C@H](C)NC(=O)[C@H](C)NC(=O)[C@@H](NC(=O)[C@H](CCCCN)NC(=O)[C@H](CCCCN)NC(=O)[C@H](CCC(=O)O)NC(=O)[C@@H](NC(=O)[C@H](C)NC(=O)[C@H](C)NC(=O)[C@H](Cc1c[nH]cn1)NC(=O)[C@@H](N)CCCCN)[C@@H](C)CC)[C@@H](C)CC)C(=O)N[C@@H](CCC(=O)O)C(=O)N[C@@H](CCC(=O)O)C(=O)N[C@@H](CCCCN)C(=O)NCC(=O)NCC(=O)N[C@@H](Cc1ccc(O)cc1)C(N)=O. The zero-order valence-corrected chi connectivity index (χ0v) is 80.2. The van der Waals surface area contributed by atoms with Crippen molar-refractivity contribution in [3.63, 3.8) is 0 Å². The summed E-state index contributed by atoms with van der Waals surface area (Å²) >= 11 is 0. The number of amides is 18. The first-order chi connectivity index (χ1) is 65.2. The Morgan fingerprint density at radius 3 is 0.993 bits per heavy atom. The molecule has 1 heterocycles. The lowest BCUT2D eigenvalue weighted by atomic mass is 9.96. The van der Waals surface area contributed by atoms with Crippen molar-refractivity contribution in [1.29, 1.82) is 0 Å². The fourth-order valence-corrected chi connectivity index (χ4v) is 13.6. The molecule has 0 spiro atoms. The number of carbonyl (C=O) groups excluding carboxylic acids is 18. The number of phenolic OH excluding ortho intramolecular Hbond substituents is 1. The van der Waals surface area contributed by atoms with E-state index in [2.05, 4.69) is 100 Å². The van der Waals surface area contributed by atoms with E-state index in [-0.39, 0.29) is 102 Å². The first kappa shape index (κ1) is 121. The number of H-pyrrole nitrogens is 1. The van der Waals surface area contributed by atoms with Gasteiger partial charge < -0.3 is 150 Å². The van der Waals surface area contributed by atoms with Gasteiger partial charge in [-0.05, 0) is 179 Å². The van der Waals surface area contributed by atoms with Gasteiger partial charge in [0.05, 0.1) is 31.2 Å². The number of hydrogen-bond donors (Lipinski definition) is 28. The van der Waals surface area contributed by atoms with Crippen molar-refractivity contribution in [2.24, 2.45) is 52.2 Å². The minimum absolute atomic E-state index is 0.0468. The first-order valence-corrected chi connectivity index (χ1v) is 46.5. The summed E-state index contributed by atoms with van der Waals surface area (Å²) in [6.07, 6.45) is 1.99. The standard InChI is InChI=1S/C88H147N25O25/c1-11-46(4)70(113-84(134)59(25-17-21-39-92)106-80(130)58(24-16-20-38-91)105-82(132)61(31-34-68(119)120)108-87(137)71(47(5)12-2)111-76(126)51(9)99-74(124)49(7)101-85(135)64(41-54-42-95-45-98-54)110-78(128)56(93)22-14-18-36-89)86(136)102-50(8)75(125)100-52(10)77(127)112-72(48(6)13-3)88(138)109-62(32-35-69(121)122)83(133)107-60(30-33-67(117)118)81(131)104-57(23-15-19-37-90)79(129)97-43-65(115)96-44-66(116)103-63(73(94)123)40-53-26-28-55(114)29-27-53/h26-29,42,45-52,56-64,70-72,114H,11-25,30-41,43-44,89-93H2,1-10H3,(H2,94,123)(H,95,98)(H,96,115)(H,97,129)(H,99,124)(H,100,125)(H,101,135)(H,102,136)(H,103,116)(H,104,131)(H,105,132)(H,106,130)(H,107,133)(H,108,137)(H,109,138)(H,110,128)(H,111,126)(H,112,127)(H,113,134)(H,117,118)(H,119,120)(H,121,122)/t46-,47-,48-,49-,50-,51-,52-,56-,57-,58-,59-,60-,61-,62-,63-,64-,70-,71-,72-/m0/s1. The summed E-state index contributed by atoms with van der Waals surface area (Å²) in [4.78, 5) is 292. The molecule has 2 aromatic rings. The molecule has 0 unspecified atom stereocenters. The molecular weight excluding hydrogens is 1810 g/mol. The van der Waals surface area contributed by atoms with Crippen LogP contribution in [0, 0.1) is 17.8 Å². The van der Waals surface area contributed by atoms with Gasteiger partial charge in [0.2, 0.25) is 106 Å². The molecule has 0 aliphatic carbocycles. The molecule has 0 aliphatic rings. The lowest BCUT2D eigenvalue weighted by Gasteiger charge is -2.30. The van der Waals surface area contributed by atoms with E-state index in [4.69, 9.17) is 34.4 Å². The Hall–Kier alpha value is -13.1. The number of phenols is 1. The number of benzene rings is 1. The molecule has 0 aliphatic heterocycles. The van der Waals surface area contributed by atoms with E-state index < -0.39 is 290 Å². The van der Waals surface area contributed by atoms with Crippen LogP contribution in [0.2, 0.25) is 0 Å². The van der Waals surface area contributed by atoms with Crippen molar-refractivity contribution in [1.82, 2.24) is 100 Å². The highest BCUT2D eigenvalue weighted by atomic mass is 16.4. The summed E-state index contributed by atoms with van der Waals surface area (Å²) in [6, 6.07) is -17.6. The van der Waals surface area contributed by atoms with Gasteiger partial charge in [-0.3, -0.25) is 101 Å². The van der Waals surface area contributed by atoms with Crippen LogP contribution in [-0.2, 0) is 114 Å². The average Bonchev–Trinajstić information content (AvgIpc) is 0.933. The summed E-state index contributed by atoms with van der Waals surface area (Å²) in [6.45, 7) is 14.2. The van der Waals surface area contributed by atoms with E-state index in [1.54, 1.807) is 34.6 Å². The summed E-state index contributed by atoms with van der Waals surface area (Å²) in [5, 5.41) is 81.2. The Kier molecular flexibility index (Phi) is 56.8. The molecule has 2 rings (SSSR count). The number of rotatable bonds is 70. The second-order valence-electron chi connectivity index (χ2n) is 34.2. The maximum absolute atomic E-state index is 14.6. The highest BCUT2D eigenvalue weighted by Gasteiger charge is 2.40. The number of carboxylic acids is 3. The maximum atomic E-state index is 14.6. The van der Waals surface area contributed by atoms with Gasteiger partial charge >= 0.3 is 17.9 Å². The number of carboxylic acid groups (broad SMARTS) is 3. The van der Waals surface area contributed by atoms with Crippen molar-refractivity contribution in [3.05, 3.63) is 48.0 Å². The van der Waals surface area contributed by atoms with E-state index in [1.165, 1.54) is 71.4 Å². The van der Waals surface area contributed by atoms with Crippen LogP contribution in [0.15, 0.2) is 36.8 Å². The number of aromatic hydroxyl groups is 1. The minimum atomic E-state index is -1.82. The van der Waals surface area contributed by atoms with Crippen molar-refractivity contribution in [2.45, 2.75) is 314 Å². The largest absolute Gasteiger partial charge is 0.508 e. The molecule has 50 nitrogen and oxygen atoms in total. The highest BCUT2D eigenvalue weighted by molar-refractivity contribution is 6.01. The Bertz CT molecular complexity index is 4340. The van der Waals surface area contributed by atoms with Crippen LogP contribution in [0.25, 0.3) is 0 Å². The first-order valence-electron chi connectivity index (χ1n) is 46.5. The summed E-state index contributed by atoms with van der Waals surface area (Å²) in [5.41, 5.74) is 35.4. The van der Waals surface area contributed by atoms with Crippen LogP contribution >= 0.6 is 0 Å². The Morgan fingerprint density at radius 2 is 0.638 bits per heavy atom. The molecule has 18 amide bonds. The van der Waals surface area contributed by atoms with Gasteiger partial charge in [0.1, 0.15) is 96.4 Å². The molecule has 0 radical (unpaired) electrons. The third-order valence-electron chi connectivity index (χ3n) is 22.8. The summed E-state index contributed by atoms with van der Waals surface area (Å²) < 4.78 is 0. The smallest absolute Gasteiger partial charge is 0.303 e.